The number of carbonyl (C=O) groups is 2. The Balaban J connectivity index is 1.83. The van der Waals surface area contributed by atoms with E-state index in [0.717, 1.165) is 0 Å². The molecule has 0 bridgehead atoms. The van der Waals surface area contributed by atoms with Crippen LogP contribution in [0.1, 0.15) is 22.0 Å². The van der Waals surface area contributed by atoms with Crippen molar-refractivity contribution in [3.8, 4) is 11.5 Å². The third-order valence-electron chi connectivity index (χ3n) is 4.01. The second-order valence-corrected chi connectivity index (χ2v) is 5.96. The van der Waals surface area contributed by atoms with Crippen molar-refractivity contribution in [1.82, 2.24) is 0 Å². The normalized spacial score (nSPS) is 11.3. The number of methoxy groups -OCH3 is 1. The Kier molecular flexibility index (Phi) is 5.91. The molecule has 1 atom stereocenters. The third-order valence-corrected chi connectivity index (χ3v) is 4.01. The second-order valence-electron chi connectivity index (χ2n) is 5.96. The van der Waals surface area contributed by atoms with Gasteiger partial charge in [-0.3, -0.25) is 4.79 Å². The van der Waals surface area contributed by atoms with Crippen molar-refractivity contribution >= 4 is 17.6 Å². The van der Waals surface area contributed by atoms with E-state index < -0.39 is 18.0 Å². The lowest BCUT2D eigenvalue weighted by molar-refractivity contribution is -0.125. The molecule has 0 aliphatic carbocycles. The molecule has 28 heavy (non-hydrogen) atoms. The van der Waals surface area contributed by atoms with E-state index in [4.69, 9.17) is 9.47 Å². The van der Waals surface area contributed by atoms with E-state index in [2.05, 4.69) is 5.32 Å². The summed E-state index contributed by atoms with van der Waals surface area (Å²) in [5, 5.41) is 12.1. The number of anilines is 1. The van der Waals surface area contributed by atoms with Crippen LogP contribution >= 0.6 is 0 Å². The second kappa shape index (κ2) is 8.73. The highest BCUT2D eigenvalue weighted by molar-refractivity contribution is 5.98. The van der Waals surface area contributed by atoms with Gasteiger partial charge in [0.25, 0.3) is 5.91 Å². The van der Waals surface area contributed by atoms with Gasteiger partial charge in [-0.25, -0.2) is 4.79 Å². The Hall–Kier alpha value is -3.80. The maximum Gasteiger partial charge on any atom is 0.339 e. The number of nitrogens with one attached hydrogen (secondary N) is 1. The van der Waals surface area contributed by atoms with Gasteiger partial charge in [0.05, 0.1) is 12.7 Å². The molecule has 0 aliphatic heterocycles. The van der Waals surface area contributed by atoms with Gasteiger partial charge in [-0.15, -0.1) is 0 Å². The number of hydrogen-bond acceptors (Lipinski definition) is 5. The van der Waals surface area contributed by atoms with Gasteiger partial charge in [0.2, 0.25) is 6.10 Å². The maximum absolute atomic E-state index is 12.9. The average Bonchev–Trinajstić information content (AvgIpc) is 2.73. The zero-order valence-electron chi connectivity index (χ0n) is 15.2. The lowest BCUT2D eigenvalue weighted by Crippen LogP contribution is -2.26. The van der Waals surface area contributed by atoms with Crippen molar-refractivity contribution in [2.75, 3.05) is 12.4 Å². The van der Waals surface area contributed by atoms with Gasteiger partial charge < -0.3 is 19.9 Å². The quantitative estimate of drug-likeness (QED) is 0.636. The van der Waals surface area contributed by atoms with Gasteiger partial charge >= 0.3 is 5.97 Å². The fourth-order valence-corrected chi connectivity index (χ4v) is 2.58. The van der Waals surface area contributed by atoms with Crippen molar-refractivity contribution < 1.29 is 24.2 Å². The molecule has 0 radical (unpaired) electrons. The van der Waals surface area contributed by atoms with Crippen LogP contribution < -0.4 is 10.1 Å². The maximum atomic E-state index is 12.9. The molecule has 0 saturated heterocycles. The third kappa shape index (κ3) is 4.67. The number of ether oxygens (including phenoxy) is 2. The highest BCUT2D eigenvalue weighted by Gasteiger charge is 2.26. The van der Waals surface area contributed by atoms with Gasteiger partial charge in [-0.2, -0.15) is 0 Å². The molecule has 1 unspecified atom stereocenters. The molecule has 3 aromatic carbocycles. The lowest BCUT2D eigenvalue weighted by Gasteiger charge is -2.18. The summed E-state index contributed by atoms with van der Waals surface area (Å²) >= 11 is 0. The van der Waals surface area contributed by atoms with E-state index >= 15 is 0 Å². The number of benzene rings is 3. The molecule has 3 rings (SSSR count). The van der Waals surface area contributed by atoms with Gasteiger partial charge in [-0.05, 0) is 36.4 Å². The minimum Gasteiger partial charge on any atom is -0.508 e. The Morgan fingerprint density at radius 2 is 1.64 bits per heavy atom. The van der Waals surface area contributed by atoms with Gasteiger partial charge in [0, 0.05) is 17.3 Å². The highest BCUT2D eigenvalue weighted by atomic mass is 16.5. The number of carbonyl (C=O) groups excluding carboxylic acids is 2. The molecular weight excluding hydrogens is 358 g/mol. The van der Waals surface area contributed by atoms with Crippen LogP contribution in [0.2, 0.25) is 0 Å². The summed E-state index contributed by atoms with van der Waals surface area (Å²) in [6.07, 6.45) is -1.14. The Bertz CT molecular complexity index is 954. The highest BCUT2D eigenvalue weighted by Crippen LogP contribution is 2.24. The van der Waals surface area contributed by atoms with E-state index in [1.807, 2.05) is 6.07 Å². The minimum atomic E-state index is -1.14. The largest absolute Gasteiger partial charge is 0.508 e. The van der Waals surface area contributed by atoms with Gasteiger partial charge in [0.1, 0.15) is 11.5 Å². The fraction of sp³-hybridized carbons (Fsp3) is 0.0909. The summed E-state index contributed by atoms with van der Waals surface area (Å²) < 4.78 is 10.6. The SMILES string of the molecule is COc1cccc(NC(=O)C(OC(=O)c2ccc(O)cc2)c2ccccc2)c1. The van der Waals surface area contributed by atoms with E-state index in [1.165, 1.54) is 31.4 Å². The Morgan fingerprint density at radius 3 is 2.32 bits per heavy atom. The number of rotatable bonds is 6. The van der Waals surface area contributed by atoms with Crippen LogP contribution in [0.5, 0.6) is 11.5 Å². The molecule has 142 valence electrons. The van der Waals surface area contributed by atoms with E-state index in [1.54, 1.807) is 48.5 Å². The molecule has 2 N–H and O–H groups in total. The number of phenols is 1. The van der Waals surface area contributed by atoms with Crippen LogP contribution in [0.4, 0.5) is 5.69 Å². The van der Waals surface area contributed by atoms with Crippen molar-refractivity contribution in [1.29, 1.82) is 0 Å². The van der Waals surface area contributed by atoms with Crippen molar-refractivity contribution in [2.45, 2.75) is 6.10 Å². The van der Waals surface area contributed by atoms with Crippen LogP contribution in [-0.2, 0) is 9.53 Å². The van der Waals surface area contributed by atoms with E-state index in [-0.39, 0.29) is 11.3 Å². The molecule has 0 fully saturated rings. The van der Waals surface area contributed by atoms with Crippen molar-refractivity contribution in [3.63, 3.8) is 0 Å². The summed E-state index contributed by atoms with van der Waals surface area (Å²) in [5.74, 6) is -0.539. The molecular formula is C22H19NO5. The van der Waals surface area contributed by atoms with Gasteiger partial charge in [0.15, 0.2) is 0 Å². The van der Waals surface area contributed by atoms with E-state index in [9.17, 15) is 14.7 Å². The standard InChI is InChI=1S/C22H19NO5/c1-27-19-9-5-8-17(14-19)23-21(25)20(15-6-3-2-4-7-15)28-22(26)16-10-12-18(24)13-11-16/h2-14,20,24H,1H3,(H,23,25). The van der Waals surface area contributed by atoms with Crippen LogP contribution in [0.15, 0.2) is 78.9 Å². The van der Waals surface area contributed by atoms with Crippen LogP contribution in [-0.4, -0.2) is 24.1 Å². The Labute approximate surface area is 162 Å². The van der Waals surface area contributed by atoms with Crippen LogP contribution in [0.3, 0.4) is 0 Å². The number of amides is 1. The first-order valence-electron chi connectivity index (χ1n) is 8.56. The number of aromatic hydroxyl groups is 1. The fourth-order valence-electron chi connectivity index (χ4n) is 2.58. The molecule has 0 aliphatic rings. The molecule has 1 amide bonds. The first kappa shape index (κ1) is 19.0. The smallest absolute Gasteiger partial charge is 0.339 e. The summed E-state index contributed by atoms with van der Waals surface area (Å²) in [7, 11) is 1.53. The lowest BCUT2D eigenvalue weighted by atomic mass is 10.1. The molecule has 0 saturated carbocycles. The first-order valence-corrected chi connectivity index (χ1v) is 8.56. The molecule has 6 nitrogen and oxygen atoms in total. The number of hydrogen-bond donors (Lipinski definition) is 2. The zero-order chi connectivity index (χ0) is 19.9. The Morgan fingerprint density at radius 1 is 0.929 bits per heavy atom. The molecule has 6 heteroatoms. The minimum absolute atomic E-state index is 0.0342. The molecule has 3 aromatic rings. The zero-order valence-corrected chi connectivity index (χ0v) is 15.2. The number of phenolic OH excluding ortho intramolecular Hbond substituents is 1. The van der Waals surface area contributed by atoms with Crippen LogP contribution in [0, 0.1) is 0 Å². The van der Waals surface area contributed by atoms with Gasteiger partial charge in [-0.1, -0.05) is 36.4 Å². The predicted octanol–water partition coefficient (Wildman–Crippen LogP) is 3.94. The summed E-state index contributed by atoms with van der Waals surface area (Å²) in [4.78, 5) is 25.4. The molecule has 0 spiro atoms. The van der Waals surface area contributed by atoms with Crippen molar-refractivity contribution in [2.24, 2.45) is 0 Å². The topological polar surface area (TPSA) is 84.9 Å². The number of esters is 1. The monoisotopic (exact) mass is 377 g/mol. The van der Waals surface area contributed by atoms with E-state index in [0.29, 0.717) is 17.0 Å². The van der Waals surface area contributed by atoms with Crippen molar-refractivity contribution in [3.05, 3.63) is 90.0 Å². The molecule has 0 aromatic heterocycles. The summed E-state index contributed by atoms with van der Waals surface area (Å²) in [6, 6.07) is 21.2. The summed E-state index contributed by atoms with van der Waals surface area (Å²) in [6.45, 7) is 0. The molecule has 0 heterocycles. The summed E-state index contributed by atoms with van der Waals surface area (Å²) in [5.41, 5.74) is 1.29. The predicted molar refractivity (Wildman–Crippen MR) is 104 cm³/mol. The average molecular weight is 377 g/mol. The first-order chi connectivity index (χ1) is 13.6. The van der Waals surface area contributed by atoms with Crippen LogP contribution in [0.25, 0.3) is 0 Å².